The Morgan fingerprint density at radius 3 is 2.38 bits per heavy atom. The molecule has 0 unspecified atom stereocenters. The fraction of sp³-hybridized carbons (Fsp3) is 0.250. The van der Waals surface area contributed by atoms with Gasteiger partial charge in [0, 0.05) is 18.8 Å². The highest BCUT2D eigenvalue weighted by Crippen LogP contribution is 2.28. The van der Waals surface area contributed by atoms with E-state index in [2.05, 4.69) is 39.7 Å². The predicted octanol–water partition coefficient (Wildman–Crippen LogP) is 3.68. The van der Waals surface area contributed by atoms with Crippen LogP contribution in [0.5, 0.6) is 0 Å². The van der Waals surface area contributed by atoms with Gasteiger partial charge >= 0.3 is 6.03 Å². The van der Waals surface area contributed by atoms with E-state index in [4.69, 9.17) is 0 Å². The topological polar surface area (TPSA) is 63.1 Å². The molecule has 1 N–H and O–H groups in total. The molecule has 0 aliphatic carbocycles. The van der Waals surface area contributed by atoms with Crippen LogP contribution >= 0.6 is 0 Å². The number of piperidine rings is 1. The Kier molecular flexibility index (Phi) is 4.64. The number of benzene rings is 2. The smallest absolute Gasteiger partial charge is 0.321 e. The maximum atomic E-state index is 12.5. The van der Waals surface area contributed by atoms with Gasteiger partial charge in [-0.3, -0.25) is 0 Å². The number of likely N-dealkylation sites (tertiary alicyclic amines) is 1. The molecule has 2 heterocycles. The number of anilines is 1. The highest BCUT2D eigenvalue weighted by molar-refractivity contribution is 5.89. The number of hydrogen-bond acceptors (Lipinski definition) is 3. The number of hydrogen-bond donors (Lipinski definition) is 1. The Morgan fingerprint density at radius 2 is 1.73 bits per heavy atom. The van der Waals surface area contributed by atoms with Crippen LogP contribution in [0.2, 0.25) is 0 Å². The van der Waals surface area contributed by atoms with Crippen LogP contribution in [-0.4, -0.2) is 38.8 Å². The van der Waals surface area contributed by atoms with Gasteiger partial charge in [-0.05, 0) is 48.6 Å². The average molecular weight is 347 g/mol. The predicted molar refractivity (Wildman–Crippen MR) is 100 cm³/mol. The van der Waals surface area contributed by atoms with Crippen LogP contribution in [0.25, 0.3) is 5.69 Å². The van der Waals surface area contributed by atoms with Crippen molar-refractivity contribution in [1.82, 2.24) is 19.7 Å². The Bertz CT molecular complexity index is 838. The van der Waals surface area contributed by atoms with Crippen LogP contribution in [0.1, 0.15) is 24.3 Å². The lowest BCUT2D eigenvalue weighted by Crippen LogP contribution is -2.40. The van der Waals surface area contributed by atoms with Crippen molar-refractivity contribution in [3.05, 3.63) is 72.8 Å². The van der Waals surface area contributed by atoms with Gasteiger partial charge in [-0.15, -0.1) is 0 Å². The lowest BCUT2D eigenvalue weighted by atomic mass is 9.90. The zero-order valence-electron chi connectivity index (χ0n) is 14.5. The summed E-state index contributed by atoms with van der Waals surface area (Å²) < 4.78 is 1.68. The van der Waals surface area contributed by atoms with Crippen LogP contribution in [0.4, 0.5) is 10.5 Å². The number of nitrogens with zero attached hydrogens (tertiary/aromatic N) is 4. The Labute approximate surface area is 152 Å². The van der Waals surface area contributed by atoms with Crippen LogP contribution in [0.15, 0.2) is 67.3 Å². The maximum absolute atomic E-state index is 12.5. The van der Waals surface area contributed by atoms with Gasteiger partial charge in [0.25, 0.3) is 0 Å². The third kappa shape index (κ3) is 3.59. The van der Waals surface area contributed by atoms with E-state index in [1.54, 1.807) is 11.0 Å². The maximum Gasteiger partial charge on any atom is 0.321 e. The Hall–Kier alpha value is -3.15. The van der Waals surface area contributed by atoms with Gasteiger partial charge in [-0.2, -0.15) is 5.10 Å². The number of amides is 2. The summed E-state index contributed by atoms with van der Waals surface area (Å²) in [5, 5.41) is 7.07. The van der Waals surface area contributed by atoms with Gasteiger partial charge in [-0.1, -0.05) is 30.3 Å². The van der Waals surface area contributed by atoms with Gasteiger partial charge in [0.05, 0.1) is 5.69 Å². The van der Waals surface area contributed by atoms with E-state index in [9.17, 15) is 4.79 Å². The second kappa shape index (κ2) is 7.39. The number of carbonyl (C=O) groups excluding carboxylic acids is 1. The van der Waals surface area contributed by atoms with Crippen molar-refractivity contribution >= 4 is 11.7 Å². The van der Waals surface area contributed by atoms with Crippen molar-refractivity contribution in [2.75, 3.05) is 18.4 Å². The van der Waals surface area contributed by atoms with Crippen molar-refractivity contribution in [1.29, 1.82) is 0 Å². The van der Waals surface area contributed by atoms with Crippen LogP contribution in [0.3, 0.4) is 0 Å². The molecule has 6 heteroatoms. The van der Waals surface area contributed by atoms with Crippen LogP contribution in [-0.2, 0) is 0 Å². The third-order valence-electron chi connectivity index (χ3n) is 4.86. The van der Waals surface area contributed by atoms with Gasteiger partial charge in [0.2, 0.25) is 0 Å². The van der Waals surface area contributed by atoms with Crippen molar-refractivity contribution in [3.8, 4) is 5.69 Å². The largest absolute Gasteiger partial charge is 0.324 e. The normalized spacial score (nSPS) is 15.0. The molecule has 26 heavy (non-hydrogen) atoms. The minimum absolute atomic E-state index is 0.0370. The zero-order chi connectivity index (χ0) is 17.8. The average Bonchev–Trinajstić information content (AvgIpc) is 3.24. The second-order valence-corrected chi connectivity index (χ2v) is 6.49. The van der Waals surface area contributed by atoms with Crippen LogP contribution < -0.4 is 5.32 Å². The summed E-state index contributed by atoms with van der Waals surface area (Å²) in [6.07, 6.45) is 5.14. The van der Waals surface area contributed by atoms with E-state index in [1.165, 1.54) is 11.9 Å². The Morgan fingerprint density at radius 1 is 1.00 bits per heavy atom. The zero-order valence-corrected chi connectivity index (χ0v) is 14.5. The molecule has 2 aromatic carbocycles. The molecule has 1 aliphatic heterocycles. The van der Waals surface area contributed by atoms with Gasteiger partial charge in [-0.25, -0.2) is 14.5 Å². The molecule has 0 spiro atoms. The second-order valence-electron chi connectivity index (χ2n) is 6.49. The number of aromatic nitrogens is 3. The first-order valence-electron chi connectivity index (χ1n) is 8.85. The molecule has 0 atom stereocenters. The summed E-state index contributed by atoms with van der Waals surface area (Å²) in [6.45, 7) is 1.56. The molecule has 1 fully saturated rings. The fourth-order valence-corrected chi connectivity index (χ4v) is 3.38. The van der Waals surface area contributed by atoms with E-state index in [-0.39, 0.29) is 6.03 Å². The third-order valence-corrected chi connectivity index (χ3v) is 4.86. The van der Waals surface area contributed by atoms with E-state index < -0.39 is 0 Å². The summed E-state index contributed by atoms with van der Waals surface area (Å²) in [5.74, 6) is 0.544. The van der Waals surface area contributed by atoms with E-state index in [0.717, 1.165) is 37.3 Å². The number of rotatable bonds is 3. The SMILES string of the molecule is O=C(Nc1ccc(-n2cncn2)cc1)N1CCC(c2ccccc2)CC1. The lowest BCUT2D eigenvalue weighted by Gasteiger charge is -2.32. The van der Waals surface area contributed by atoms with Crippen molar-refractivity contribution in [2.24, 2.45) is 0 Å². The number of carbonyl (C=O) groups is 1. The summed E-state index contributed by atoms with van der Waals surface area (Å²) in [4.78, 5) is 18.3. The monoisotopic (exact) mass is 347 g/mol. The molecule has 0 saturated carbocycles. The highest BCUT2D eigenvalue weighted by Gasteiger charge is 2.23. The summed E-state index contributed by atoms with van der Waals surface area (Å²) in [6, 6.07) is 18.1. The molecule has 1 saturated heterocycles. The summed E-state index contributed by atoms with van der Waals surface area (Å²) >= 11 is 0. The molecule has 2 amide bonds. The molecule has 0 radical (unpaired) electrons. The van der Waals surface area contributed by atoms with Gasteiger partial charge < -0.3 is 10.2 Å². The molecular weight excluding hydrogens is 326 g/mol. The molecule has 3 aromatic rings. The quantitative estimate of drug-likeness (QED) is 0.786. The molecule has 4 rings (SSSR count). The number of nitrogens with one attached hydrogen (secondary N) is 1. The first-order valence-corrected chi connectivity index (χ1v) is 8.85. The summed E-state index contributed by atoms with van der Waals surface area (Å²) in [5.41, 5.74) is 3.06. The molecule has 132 valence electrons. The van der Waals surface area contributed by atoms with Gasteiger partial charge in [0.1, 0.15) is 12.7 Å². The van der Waals surface area contributed by atoms with Gasteiger partial charge in [0.15, 0.2) is 0 Å². The molecule has 1 aromatic heterocycles. The summed E-state index contributed by atoms with van der Waals surface area (Å²) in [7, 11) is 0. The minimum Gasteiger partial charge on any atom is -0.324 e. The van der Waals surface area contributed by atoms with Crippen LogP contribution in [0, 0.1) is 0 Å². The minimum atomic E-state index is -0.0370. The molecule has 0 bridgehead atoms. The van der Waals surface area contributed by atoms with E-state index in [0.29, 0.717) is 5.92 Å². The standard InChI is InChI=1S/C20H21N5O/c26-20(23-18-6-8-19(9-7-18)25-15-21-14-22-25)24-12-10-17(11-13-24)16-4-2-1-3-5-16/h1-9,14-15,17H,10-13H2,(H,23,26). The molecular formula is C20H21N5O. The molecule has 1 aliphatic rings. The fourth-order valence-electron chi connectivity index (χ4n) is 3.38. The van der Waals surface area contributed by atoms with Crippen molar-refractivity contribution in [3.63, 3.8) is 0 Å². The molecule has 6 nitrogen and oxygen atoms in total. The first kappa shape index (κ1) is 16.3. The first-order chi connectivity index (χ1) is 12.8. The van der Waals surface area contributed by atoms with E-state index >= 15 is 0 Å². The van der Waals surface area contributed by atoms with Crippen molar-refractivity contribution < 1.29 is 4.79 Å². The van der Waals surface area contributed by atoms with E-state index in [1.807, 2.05) is 35.2 Å². The Balaban J connectivity index is 1.33. The highest BCUT2D eigenvalue weighted by atomic mass is 16.2. The number of urea groups is 1. The van der Waals surface area contributed by atoms with Crippen molar-refractivity contribution in [2.45, 2.75) is 18.8 Å². The lowest BCUT2D eigenvalue weighted by molar-refractivity contribution is 0.194.